The quantitative estimate of drug-likeness (QED) is 0.879. The van der Waals surface area contributed by atoms with Gasteiger partial charge in [-0.2, -0.15) is 4.98 Å². The van der Waals surface area contributed by atoms with Gasteiger partial charge in [0.2, 0.25) is 5.95 Å². The van der Waals surface area contributed by atoms with Gasteiger partial charge in [0.1, 0.15) is 0 Å². The molecule has 1 unspecified atom stereocenters. The van der Waals surface area contributed by atoms with E-state index in [9.17, 15) is 0 Å². The third-order valence-electron chi connectivity index (χ3n) is 3.17. The van der Waals surface area contributed by atoms with Crippen molar-refractivity contribution >= 4 is 33.5 Å². The molecule has 0 aliphatic carbocycles. The van der Waals surface area contributed by atoms with Crippen molar-refractivity contribution in [1.29, 1.82) is 0 Å². The zero-order valence-corrected chi connectivity index (χ0v) is 12.4. The van der Waals surface area contributed by atoms with Crippen LogP contribution in [0.4, 0.5) is 5.95 Å². The monoisotopic (exact) mass is 341 g/mol. The summed E-state index contributed by atoms with van der Waals surface area (Å²) in [5.74, 6) is 1.36. The van der Waals surface area contributed by atoms with E-state index in [1.54, 1.807) is 0 Å². The van der Waals surface area contributed by atoms with Crippen molar-refractivity contribution in [1.82, 2.24) is 15.2 Å². The van der Waals surface area contributed by atoms with Gasteiger partial charge in [-0.15, -0.1) is 5.10 Å². The Balaban J connectivity index is 1.88. The Morgan fingerprint density at radius 3 is 3.00 bits per heavy atom. The van der Waals surface area contributed by atoms with E-state index in [0.29, 0.717) is 16.8 Å². The molecule has 0 bridgehead atoms. The Labute approximate surface area is 124 Å². The van der Waals surface area contributed by atoms with Gasteiger partial charge in [-0.3, -0.25) is 5.10 Å². The van der Waals surface area contributed by atoms with Crippen molar-refractivity contribution in [2.75, 3.05) is 18.0 Å². The summed E-state index contributed by atoms with van der Waals surface area (Å²) in [6, 6.07) is 5.88. The highest BCUT2D eigenvalue weighted by molar-refractivity contribution is 9.10. The lowest BCUT2D eigenvalue weighted by Gasteiger charge is -2.11. The van der Waals surface area contributed by atoms with Crippen molar-refractivity contribution < 1.29 is 0 Å². The lowest BCUT2D eigenvalue weighted by atomic mass is 10.2. The van der Waals surface area contributed by atoms with E-state index in [2.05, 4.69) is 36.0 Å². The molecule has 1 aliphatic rings. The number of aromatic amines is 1. The lowest BCUT2D eigenvalue weighted by Crippen LogP contribution is -2.26. The van der Waals surface area contributed by atoms with Crippen molar-refractivity contribution in [2.24, 2.45) is 5.73 Å². The maximum absolute atomic E-state index is 6.20. The maximum Gasteiger partial charge on any atom is 0.245 e. The molecule has 19 heavy (non-hydrogen) atoms. The minimum absolute atomic E-state index is 0.207. The van der Waals surface area contributed by atoms with Crippen molar-refractivity contribution in [2.45, 2.75) is 12.5 Å². The molecular weight excluding hydrogens is 330 g/mol. The summed E-state index contributed by atoms with van der Waals surface area (Å²) in [6.07, 6.45) is 0.975. The van der Waals surface area contributed by atoms with Crippen LogP contribution < -0.4 is 10.6 Å². The van der Waals surface area contributed by atoms with Gasteiger partial charge in [0.05, 0.1) is 5.02 Å². The van der Waals surface area contributed by atoms with Crippen LogP contribution in [-0.4, -0.2) is 34.3 Å². The molecule has 1 aromatic heterocycles. The van der Waals surface area contributed by atoms with Crippen LogP contribution in [0.15, 0.2) is 22.7 Å². The number of nitrogens with zero attached hydrogens (tertiary/aromatic N) is 3. The van der Waals surface area contributed by atoms with E-state index < -0.39 is 0 Å². The molecule has 0 spiro atoms. The van der Waals surface area contributed by atoms with Gasteiger partial charge in [0.15, 0.2) is 5.82 Å². The zero-order valence-electron chi connectivity index (χ0n) is 10.1. The number of nitrogens with two attached hydrogens (primary N) is 1. The average Bonchev–Trinajstić information content (AvgIpc) is 2.97. The summed E-state index contributed by atoms with van der Waals surface area (Å²) in [4.78, 5) is 6.57. The molecule has 1 saturated heterocycles. The molecule has 1 aliphatic heterocycles. The van der Waals surface area contributed by atoms with E-state index >= 15 is 0 Å². The van der Waals surface area contributed by atoms with Crippen LogP contribution in [0.25, 0.3) is 11.4 Å². The van der Waals surface area contributed by atoms with Gasteiger partial charge in [-0.05, 0) is 24.6 Å². The molecule has 100 valence electrons. The number of rotatable bonds is 2. The first-order valence-corrected chi connectivity index (χ1v) is 7.19. The number of hydrogen-bond donors (Lipinski definition) is 2. The molecule has 3 N–H and O–H groups in total. The standard InChI is InChI=1S/C12H13BrClN5/c13-7-1-2-9(10(14)5-7)11-16-12(18-17-11)19-4-3-8(15)6-19/h1-2,5,8H,3-4,6,15H2,(H,16,17,18). The number of nitrogens with one attached hydrogen (secondary N) is 1. The number of benzene rings is 1. The molecule has 1 atom stereocenters. The number of aromatic nitrogens is 3. The molecule has 2 aromatic rings. The first-order valence-electron chi connectivity index (χ1n) is 6.02. The van der Waals surface area contributed by atoms with Gasteiger partial charge in [-0.25, -0.2) is 0 Å². The normalized spacial score (nSPS) is 19.1. The van der Waals surface area contributed by atoms with Crippen LogP contribution in [-0.2, 0) is 0 Å². The summed E-state index contributed by atoms with van der Waals surface area (Å²) in [6.45, 7) is 1.69. The average molecular weight is 343 g/mol. The van der Waals surface area contributed by atoms with Crippen LogP contribution in [0.3, 0.4) is 0 Å². The smallest absolute Gasteiger partial charge is 0.245 e. The van der Waals surface area contributed by atoms with Gasteiger partial charge in [0.25, 0.3) is 0 Å². The molecular formula is C12H13BrClN5. The van der Waals surface area contributed by atoms with Crippen LogP contribution >= 0.6 is 27.5 Å². The van der Waals surface area contributed by atoms with Crippen LogP contribution in [0.2, 0.25) is 5.02 Å². The Morgan fingerprint density at radius 1 is 1.47 bits per heavy atom. The molecule has 5 nitrogen and oxygen atoms in total. The van der Waals surface area contributed by atoms with Crippen LogP contribution in [0.1, 0.15) is 6.42 Å². The van der Waals surface area contributed by atoms with Gasteiger partial charge in [-0.1, -0.05) is 27.5 Å². The summed E-state index contributed by atoms with van der Waals surface area (Å²) < 4.78 is 0.937. The molecule has 7 heteroatoms. The third-order valence-corrected chi connectivity index (χ3v) is 3.97. The zero-order chi connectivity index (χ0) is 13.4. The fourth-order valence-corrected chi connectivity index (χ4v) is 2.93. The molecule has 2 heterocycles. The predicted octanol–water partition coefficient (Wildman–Crippen LogP) is 2.42. The second-order valence-electron chi connectivity index (χ2n) is 4.60. The summed E-state index contributed by atoms with van der Waals surface area (Å²) >= 11 is 9.59. The number of anilines is 1. The topological polar surface area (TPSA) is 70.8 Å². The summed E-state index contributed by atoms with van der Waals surface area (Å²) in [5.41, 5.74) is 6.73. The molecule has 3 rings (SSSR count). The number of hydrogen-bond acceptors (Lipinski definition) is 4. The van der Waals surface area contributed by atoms with E-state index in [-0.39, 0.29) is 6.04 Å². The molecule has 0 amide bonds. The Morgan fingerprint density at radius 2 is 2.32 bits per heavy atom. The maximum atomic E-state index is 6.20. The van der Waals surface area contributed by atoms with Gasteiger partial charge < -0.3 is 10.6 Å². The van der Waals surface area contributed by atoms with Crippen LogP contribution in [0, 0.1) is 0 Å². The van der Waals surface area contributed by atoms with Crippen molar-refractivity contribution in [3.63, 3.8) is 0 Å². The molecule has 1 aromatic carbocycles. The SMILES string of the molecule is NC1CCN(c2n[nH]c(-c3ccc(Br)cc3Cl)n2)C1. The Hall–Kier alpha value is -1.11. The first-order chi connectivity index (χ1) is 9.13. The Bertz CT molecular complexity index is 600. The molecule has 0 radical (unpaired) electrons. The van der Waals surface area contributed by atoms with Gasteiger partial charge in [0, 0.05) is 29.2 Å². The number of halogens is 2. The fraction of sp³-hybridized carbons (Fsp3) is 0.333. The Kier molecular flexibility index (Phi) is 3.47. The first kappa shape index (κ1) is 12.9. The fourth-order valence-electron chi connectivity index (χ4n) is 2.17. The van der Waals surface area contributed by atoms with Gasteiger partial charge >= 0.3 is 0 Å². The van der Waals surface area contributed by atoms with Crippen molar-refractivity contribution in [3.05, 3.63) is 27.7 Å². The molecule has 1 fully saturated rings. The predicted molar refractivity (Wildman–Crippen MR) is 79.3 cm³/mol. The lowest BCUT2D eigenvalue weighted by molar-refractivity contribution is 0.750. The number of H-pyrrole nitrogens is 1. The molecule has 0 saturated carbocycles. The largest absolute Gasteiger partial charge is 0.338 e. The van der Waals surface area contributed by atoms with E-state index in [1.807, 2.05) is 18.2 Å². The second-order valence-corrected chi connectivity index (χ2v) is 5.93. The van der Waals surface area contributed by atoms with Crippen LogP contribution in [0.5, 0.6) is 0 Å². The highest BCUT2D eigenvalue weighted by Gasteiger charge is 2.22. The van der Waals surface area contributed by atoms with E-state index in [4.69, 9.17) is 17.3 Å². The van der Waals surface area contributed by atoms with E-state index in [1.165, 1.54) is 0 Å². The highest BCUT2D eigenvalue weighted by Crippen LogP contribution is 2.29. The minimum Gasteiger partial charge on any atom is -0.338 e. The second kappa shape index (κ2) is 5.11. The summed E-state index contributed by atoms with van der Waals surface area (Å²) in [5, 5.41) is 7.80. The minimum atomic E-state index is 0.207. The van der Waals surface area contributed by atoms with E-state index in [0.717, 1.165) is 29.5 Å². The van der Waals surface area contributed by atoms with Crippen molar-refractivity contribution in [3.8, 4) is 11.4 Å². The summed E-state index contributed by atoms with van der Waals surface area (Å²) in [7, 11) is 0. The third kappa shape index (κ3) is 2.61. The highest BCUT2D eigenvalue weighted by atomic mass is 79.9.